The number of hydrogen-bond donors (Lipinski definition) is 2. The zero-order chi connectivity index (χ0) is 25.8. The second kappa shape index (κ2) is 11.0. The minimum absolute atomic E-state index is 0.273. The van der Waals surface area contributed by atoms with Gasteiger partial charge in [0, 0.05) is 36.7 Å². The molecule has 5 rings (SSSR count). The fourth-order valence-electron chi connectivity index (χ4n) is 4.79. The lowest BCUT2D eigenvalue weighted by Crippen LogP contribution is -2.30. The number of aryl methyl sites for hydroxylation is 1. The van der Waals surface area contributed by atoms with Gasteiger partial charge in [0.05, 0.1) is 18.0 Å². The molecule has 0 aliphatic heterocycles. The maximum atomic E-state index is 13.2. The summed E-state index contributed by atoms with van der Waals surface area (Å²) in [6, 6.07) is 20.0. The first-order chi connectivity index (χ1) is 18.0. The maximum Gasteiger partial charge on any atom is 0.320 e. The minimum atomic E-state index is -0.273. The van der Waals surface area contributed by atoms with Gasteiger partial charge in [-0.15, -0.1) is 0 Å². The Morgan fingerprint density at radius 2 is 1.89 bits per heavy atom. The molecule has 4 aromatic rings. The summed E-state index contributed by atoms with van der Waals surface area (Å²) in [5.74, 6) is 1.20. The number of nitrogens with zero attached hydrogens (tertiary/aromatic N) is 3. The van der Waals surface area contributed by atoms with Gasteiger partial charge in [-0.2, -0.15) is 5.10 Å². The molecule has 1 fully saturated rings. The van der Waals surface area contributed by atoms with E-state index in [1.54, 1.807) is 11.8 Å². The zero-order valence-corrected chi connectivity index (χ0v) is 21.6. The van der Waals surface area contributed by atoms with Crippen LogP contribution in [0.2, 0.25) is 0 Å². The van der Waals surface area contributed by atoms with E-state index in [1.165, 1.54) is 24.8 Å². The highest BCUT2D eigenvalue weighted by Crippen LogP contribution is 2.38. The van der Waals surface area contributed by atoms with Crippen LogP contribution in [0.3, 0.4) is 0 Å². The van der Waals surface area contributed by atoms with Crippen molar-refractivity contribution in [1.82, 2.24) is 20.1 Å². The van der Waals surface area contributed by atoms with Crippen molar-refractivity contribution in [3.8, 4) is 16.9 Å². The van der Waals surface area contributed by atoms with E-state index in [-0.39, 0.29) is 6.03 Å². The number of hydrogen-bond acceptors (Lipinski definition) is 4. The molecular weight excluding hydrogens is 462 g/mol. The standard InChI is InChI=1S/C30H33N5O2/c1-20-12-14-24(17-31-20)28-21(2)29(35(34-28)26-10-5-4-6-11-26)33-30(36)32-18-25-16-22(19-37-3)13-15-27(25)23-8-7-9-23/h4-6,10-17,23H,7-9,18-19H2,1-3H3,(H2,32,33,36). The predicted octanol–water partition coefficient (Wildman–Crippen LogP) is 6.29. The van der Waals surface area contributed by atoms with Gasteiger partial charge in [-0.1, -0.05) is 42.8 Å². The molecule has 2 N–H and O–H groups in total. The molecule has 0 spiro atoms. The molecular formula is C30H33N5O2. The number of aromatic nitrogens is 3. The van der Waals surface area contributed by atoms with Gasteiger partial charge in [-0.05, 0) is 73.6 Å². The van der Waals surface area contributed by atoms with E-state index in [1.807, 2.05) is 62.5 Å². The van der Waals surface area contributed by atoms with Crippen LogP contribution in [-0.2, 0) is 17.9 Å². The summed E-state index contributed by atoms with van der Waals surface area (Å²) in [5.41, 5.74) is 7.95. The topological polar surface area (TPSA) is 81.1 Å². The molecule has 7 heteroatoms. The SMILES string of the molecule is COCc1ccc(C2CCC2)c(CNC(=O)Nc2c(C)c(-c3ccc(C)nc3)nn2-c2ccccc2)c1. The first-order valence-electron chi connectivity index (χ1n) is 12.8. The van der Waals surface area contributed by atoms with E-state index >= 15 is 0 Å². The van der Waals surface area contributed by atoms with E-state index in [2.05, 4.69) is 33.8 Å². The van der Waals surface area contributed by atoms with Gasteiger partial charge in [-0.25, -0.2) is 9.48 Å². The Bertz CT molecular complexity index is 1380. The number of urea groups is 1. The quantitative estimate of drug-likeness (QED) is 0.301. The Morgan fingerprint density at radius 1 is 1.08 bits per heavy atom. The molecule has 7 nitrogen and oxygen atoms in total. The second-order valence-electron chi connectivity index (χ2n) is 9.66. The molecule has 2 aromatic carbocycles. The number of benzene rings is 2. The number of anilines is 1. The van der Waals surface area contributed by atoms with Crippen LogP contribution in [0.25, 0.3) is 16.9 Å². The molecule has 1 saturated carbocycles. The average molecular weight is 496 g/mol. The number of carbonyl (C=O) groups is 1. The van der Waals surface area contributed by atoms with Gasteiger partial charge in [0.1, 0.15) is 5.82 Å². The summed E-state index contributed by atoms with van der Waals surface area (Å²) in [5, 5.41) is 11.0. The molecule has 37 heavy (non-hydrogen) atoms. The summed E-state index contributed by atoms with van der Waals surface area (Å²) in [6.45, 7) is 4.93. The van der Waals surface area contributed by atoms with Gasteiger partial charge in [0.15, 0.2) is 0 Å². The third-order valence-electron chi connectivity index (χ3n) is 7.04. The smallest absolute Gasteiger partial charge is 0.320 e. The van der Waals surface area contributed by atoms with Crippen LogP contribution in [0, 0.1) is 13.8 Å². The van der Waals surface area contributed by atoms with Gasteiger partial charge in [0.2, 0.25) is 0 Å². The third kappa shape index (κ3) is 5.42. The lowest BCUT2D eigenvalue weighted by atomic mass is 9.78. The van der Waals surface area contributed by atoms with Crippen molar-refractivity contribution in [2.75, 3.05) is 12.4 Å². The number of para-hydroxylation sites is 1. The zero-order valence-electron chi connectivity index (χ0n) is 21.6. The Labute approximate surface area is 217 Å². The summed E-state index contributed by atoms with van der Waals surface area (Å²) >= 11 is 0. The maximum absolute atomic E-state index is 13.2. The van der Waals surface area contributed by atoms with E-state index in [4.69, 9.17) is 9.84 Å². The van der Waals surface area contributed by atoms with Crippen molar-refractivity contribution in [2.45, 2.75) is 52.2 Å². The van der Waals surface area contributed by atoms with Crippen LogP contribution in [0.5, 0.6) is 0 Å². The minimum Gasteiger partial charge on any atom is -0.380 e. The Kier molecular flexibility index (Phi) is 7.32. The highest BCUT2D eigenvalue weighted by Gasteiger charge is 2.23. The fourth-order valence-corrected chi connectivity index (χ4v) is 4.79. The van der Waals surface area contributed by atoms with E-state index in [0.717, 1.165) is 39.3 Å². The van der Waals surface area contributed by atoms with Crippen LogP contribution < -0.4 is 10.6 Å². The number of carbonyl (C=O) groups excluding carboxylic acids is 1. The molecule has 0 saturated heterocycles. The van der Waals surface area contributed by atoms with Crippen LogP contribution >= 0.6 is 0 Å². The number of rotatable bonds is 8. The van der Waals surface area contributed by atoms with Crippen molar-refractivity contribution in [2.24, 2.45) is 0 Å². The van der Waals surface area contributed by atoms with E-state index in [0.29, 0.717) is 24.9 Å². The van der Waals surface area contributed by atoms with E-state index in [9.17, 15) is 4.79 Å². The first kappa shape index (κ1) is 24.7. The number of nitrogens with one attached hydrogen (secondary N) is 2. The molecule has 0 atom stereocenters. The molecule has 0 bridgehead atoms. The summed E-state index contributed by atoms with van der Waals surface area (Å²) < 4.78 is 7.11. The van der Waals surface area contributed by atoms with Crippen molar-refractivity contribution in [3.63, 3.8) is 0 Å². The van der Waals surface area contributed by atoms with Gasteiger partial charge >= 0.3 is 6.03 Å². The largest absolute Gasteiger partial charge is 0.380 e. The van der Waals surface area contributed by atoms with Crippen molar-refractivity contribution < 1.29 is 9.53 Å². The van der Waals surface area contributed by atoms with E-state index < -0.39 is 0 Å². The second-order valence-corrected chi connectivity index (χ2v) is 9.66. The number of pyridine rings is 1. The first-order valence-corrected chi connectivity index (χ1v) is 12.8. The number of ether oxygens (including phenoxy) is 1. The Morgan fingerprint density at radius 3 is 2.57 bits per heavy atom. The predicted molar refractivity (Wildman–Crippen MR) is 146 cm³/mol. The lowest BCUT2D eigenvalue weighted by molar-refractivity contribution is 0.185. The molecule has 0 radical (unpaired) electrons. The van der Waals surface area contributed by atoms with Gasteiger partial charge in [0.25, 0.3) is 0 Å². The highest BCUT2D eigenvalue weighted by molar-refractivity contribution is 5.90. The Hall–Kier alpha value is -3.97. The summed E-state index contributed by atoms with van der Waals surface area (Å²) in [4.78, 5) is 17.6. The molecule has 0 unspecified atom stereocenters. The summed E-state index contributed by atoms with van der Waals surface area (Å²) in [6.07, 6.45) is 5.49. The third-order valence-corrected chi connectivity index (χ3v) is 7.04. The molecule has 190 valence electrons. The molecule has 2 heterocycles. The van der Waals surface area contributed by atoms with Gasteiger partial charge < -0.3 is 10.1 Å². The highest BCUT2D eigenvalue weighted by atomic mass is 16.5. The summed E-state index contributed by atoms with van der Waals surface area (Å²) in [7, 11) is 1.70. The van der Waals surface area contributed by atoms with Crippen LogP contribution in [0.1, 0.15) is 53.1 Å². The lowest BCUT2D eigenvalue weighted by Gasteiger charge is -2.28. The fraction of sp³-hybridized carbons (Fsp3) is 0.300. The number of amides is 2. The molecule has 1 aliphatic carbocycles. The normalized spacial score (nSPS) is 13.3. The molecule has 1 aliphatic rings. The van der Waals surface area contributed by atoms with Crippen molar-refractivity contribution in [1.29, 1.82) is 0 Å². The average Bonchev–Trinajstić information content (AvgIpc) is 3.20. The molecule has 2 amide bonds. The number of methoxy groups -OCH3 is 1. The van der Waals surface area contributed by atoms with Crippen molar-refractivity contribution in [3.05, 3.63) is 94.8 Å². The van der Waals surface area contributed by atoms with Crippen LogP contribution in [0.4, 0.5) is 10.6 Å². The van der Waals surface area contributed by atoms with Gasteiger partial charge in [-0.3, -0.25) is 10.3 Å². The Balaban J connectivity index is 1.40. The molecule has 2 aromatic heterocycles. The monoisotopic (exact) mass is 495 g/mol. The van der Waals surface area contributed by atoms with Crippen LogP contribution in [0.15, 0.2) is 66.9 Å². The van der Waals surface area contributed by atoms with Crippen LogP contribution in [-0.4, -0.2) is 27.9 Å². The van der Waals surface area contributed by atoms with Crippen molar-refractivity contribution >= 4 is 11.8 Å².